The molecule has 1 aromatic rings. The molecule has 0 aliphatic heterocycles. The average molecular weight is 240 g/mol. The van der Waals surface area contributed by atoms with Crippen LogP contribution in [0.5, 0.6) is 0 Å². The molecule has 90 valence electrons. The van der Waals surface area contributed by atoms with Crippen LogP contribution in [-0.2, 0) is 7.05 Å². The van der Waals surface area contributed by atoms with Crippen LogP contribution in [0.1, 0.15) is 43.8 Å². The summed E-state index contributed by atoms with van der Waals surface area (Å²) in [5, 5.41) is 9.60. The van der Waals surface area contributed by atoms with Gasteiger partial charge in [0.15, 0.2) is 5.16 Å². The van der Waals surface area contributed by atoms with E-state index in [1.165, 1.54) is 37.9 Å². The van der Waals surface area contributed by atoms with Gasteiger partial charge in [0.25, 0.3) is 0 Å². The summed E-state index contributed by atoms with van der Waals surface area (Å²) in [6, 6.07) is 0. The van der Waals surface area contributed by atoms with E-state index < -0.39 is 0 Å². The Labute approximate surface area is 101 Å². The average Bonchev–Trinajstić information content (AvgIpc) is 2.69. The number of hydrogen-bond donors (Lipinski definition) is 1. The highest BCUT2D eigenvalue weighted by atomic mass is 32.2. The molecule has 0 unspecified atom stereocenters. The zero-order valence-electron chi connectivity index (χ0n) is 9.85. The fourth-order valence-corrected chi connectivity index (χ4v) is 3.00. The van der Waals surface area contributed by atoms with E-state index in [2.05, 4.69) is 21.8 Å². The summed E-state index contributed by atoms with van der Waals surface area (Å²) in [6.07, 6.45) is 6.59. The highest BCUT2D eigenvalue weighted by molar-refractivity contribution is 7.99. The first-order valence-electron chi connectivity index (χ1n) is 6.05. The van der Waals surface area contributed by atoms with Crippen molar-refractivity contribution in [3.8, 4) is 0 Å². The van der Waals surface area contributed by atoms with Crippen LogP contribution in [0.4, 0.5) is 0 Å². The molecule has 5 heteroatoms. The number of nitrogens with zero attached hydrogens (tertiary/aromatic N) is 3. The highest BCUT2D eigenvalue weighted by Crippen LogP contribution is 2.32. The third-order valence-electron chi connectivity index (χ3n) is 3.19. The lowest BCUT2D eigenvalue weighted by atomic mass is 9.89. The standard InChI is InChI=1S/C11H20N4S/c1-15-10(9-5-3-2-4-6-9)13-14-11(15)16-8-7-12/h9H,2-8,12H2,1H3. The summed E-state index contributed by atoms with van der Waals surface area (Å²) in [6.45, 7) is 0.691. The molecule has 1 aliphatic rings. The van der Waals surface area contributed by atoms with Gasteiger partial charge in [-0.2, -0.15) is 0 Å². The van der Waals surface area contributed by atoms with Gasteiger partial charge < -0.3 is 10.3 Å². The molecule has 0 bridgehead atoms. The molecule has 0 atom stereocenters. The molecule has 2 N–H and O–H groups in total. The molecular formula is C11H20N4S. The summed E-state index contributed by atoms with van der Waals surface area (Å²) in [7, 11) is 2.07. The van der Waals surface area contributed by atoms with Crippen molar-refractivity contribution >= 4 is 11.8 Å². The van der Waals surface area contributed by atoms with Crippen molar-refractivity contribution in [2.75, 3.05) is 12.3 Å². The fraction of sp³-hybridized carbons (Fsp3) is 0.818. The first-order valence-corrected chi connectivity index (χ1v) is 7.03. The van der Waals surface area contributed by atoms with E-state index in [0.717, 1.165) is 10.9 Å². The van der Waals surface area contributed by atoms with Crippen LogP contribution in [0.2, 0.25) is 0 Å². The Kier molecular flexibility index (Phi) is 4.23. The van der Waals surface area contributed by atoms with E-state index in [1.54, 1.807) is 11.8 Å². The molecule has 1 heterocycles. The predicted molar refractivity (Wildman–Crippen MR) is 66.6 cm³/mol. The van der Waals surface area contributed by atoms with Crippen molar-refractivity contribution in [1.29, 1.82) is 0 Å². The van der Waals surface area contributed by atoms with Crippen molar-refractivity contribution in [2.24, 2.45) is 12.8 Å². The Morgan fingerprint density at radius 3 is 2.75 bits per heavy atom. The summed E-state index contributed by atoms with van der Waals surface area (Å²) < 4.78 is 2.15. The summed E-state index contributed by atoms with van der Waals surface area (Å²) >= 11 is 1.70. The third kappa shape index (κ3) is 2.58. The molecule has 0 amide bonds. The fourth-order valence-electron chi connectivity index (χ4n) is 2.32. The Morgan fingerprint density at radius 1 is 1.31 bits per heavy atom. The minimum absolute atomic E-state index is 0.624. The van der Waals surface area contributed by atoms with Gasteiger partial charge in [0.1, 0.15) is 5.82 Å². The van der Waals surface area contributed by atoms with E-state index >= 15 is 0 Å². The second-order valence-corrected chi connectivity index (χ2v) is 5.43. The smallest absolute Gasteiger partial charge is 0.191 e. The minimum Gasteiger partial charge on any atom is -0.330 e. The largest absolute Gasteiger partial charge is 0.330 e. The van der Waals surface area contributed by atoms with E-state index in [0.29, 0.717) is 12.5 Å². The maximum atomic E-state index is 5.50. The second-order valence-electron chi connectivity index (χ2n) is 4.37. The molecule has 1 fully saturated rings. The van der Waals surface area contributed by atoms with Crippen LogP contribution in [-0.4, -0.2) is 27.1 Å². The Balaban J connectivity index is 2.06. The van der Waals surface area contributed by atoms with Crippen LogP contribution < -0.4 is 5.73 Å². The van der Waals surface area contributed by atoms with Gasteiger partial charge in [-0.25, -0.2) is 0 Å². The van der Waals surface area contributed by atoms with E-state index in [4.69, 9.17) is 5.73 Å². The lowest BCUT2D eigenvalue weighted by Crippen LogP contribution is -2.10. The Hall–Kier alpha value is -0.550. The molecule has 0 radical (unpaired) electrons. The molecule has 0 spiro atoms. The van der Waals surface area contributed by atoms with E-state index in [9.17, 15) is 0 Å². The lowest BCUT2D eigenvalue weighted by Gasteiger charge is -2.20. The normalized spacial score (nSPS) is 17.9. The van der Waals surface area contributed by atoms with Gasteiger partial charge >= 0.3 is 0 Å². The van der Waals surface area contributed by atoms with Gasteiger partial charge in [-0.1, -0.05) is 31.0 Å². The molecule has 1 saturated carbocycles. The maximum Gasteiger partial charge on any atom is 0.191 e. The number of aromatic nitrogens is 3. The zero-order valence-corrected chi connectivity index (χ0v) is 10.7. The van der Waals surface area contributed by atoms with Gasteiger partial charge in [0.05, 0.1) is 0 Å². The van der Waals surface area contributed by atoms with Gasteiger partial charge in [0.2, 0.25) is 0 Å². The first-order chi connectivity index (χ1) is 7.83. The van der Waals surface area contributed by atoms with Crippen molar-refractivity contribution in [3.05, 3.63) is 5.82 Å². The van der Waals surface area contributed by atoms with Crippen LogP contribution >= 0.6 is 11.8 Å². The zero-order chi connectivity index (χ0) is 11.4. The molecule has 1 aromatic heterocycles. The summed E-state index contributed by atoms with van der Waals surface area (Å²) in [5.41, 5.74) is 5.50. The maximum absolute atomic E-state index is 5.50. The molecule has 0 aromatic carbocycles. The van der Waals surface area contributed by atoms with Gasteiger partial charge in [-0.3, -0.25) is 0 Å². The summed E-state index contributed by atoms with van der Waals surface area (Å²) in [4.78, 5) is 0. The molecule has 16 heavy (non-hydrogen) atoms. The topological polar surface area (TPSA) is 56.7 Å². The van der Waals surface area contributed by atoms with Crippen molar-refractivity contribution in [2.45, 2.75) is 43.2 Å². The van der Waals surface area contributed by atoms with E-state index in [1.807, 2.05) is 0 Å². The quantitative estimate of drug-likeness (QED) is 0.817. The minimum atomic E-state index is 0.624. The molecule has 2 rings (SSSR count). The second kappa shape index (κ2) is 5.68. The van der Waals surface area contributed by atoms with Crippen LogP contribution in [0.25, 0.3) is 0 Å². The number of thioether (sulfide) groups is 1. The molecule has 4 nitrogen and oxygen atoms in total. The van der Waals surface area contributed by atoms with Gasteiger partial charge in [0, 0.05) is 25.3 Å². The van der Waals surface area contributed by atoms with Crippen molar-refractivity contribution in [3.63, 3.8) is 0 Å². The molecule has 1 aliphatic carbocycles. The number of nitrogens with two attached hydrogens (primary N) is 1. The van der Waals surface area contributed by atoms with Gasteiger partial charge in [-0.05, 0) is 12.8 Å². The third-order valence-corrected chi connectivity index (χ3v) is 4.24. The predicted octanol–water partition coefficient (Wildman–Crippen LogP) is 1.91. The van der Waals surface area contributed by atoms with Gasteiger partial charge in [-0.15, -0.1) is 10.2 Å². The van der Waals surface area contributed by atoms with E-state index in [-0.39, 0.29) is 0 Å². The highest BCUT2D eigenvalue weighted by Gasteiger charge is 2.21. The summed E-state index contributed by atoms with van der Waals surface area (Å²) in [5.74, 6) is 2.70. The van der Waals surface area contributed by atoms with Crippen LogP contribution in [0.3, 0.4) is 0 Å². The Bertz CT molecular complexity index is 331. The monoisotopic (exact) mass is 240 g/mol. The SMILES string of the molecule is Cn1c(SCCN)nnc1C1CCCCC1. The Morgan fingerprint density at radius 2 is 2.06 bits per heavy atom. The van der Waals surface area contributed by atoms with Crippen LogP contribution in [0, 0.1) is 0 Å². The van der Waals surface area contributed by atoms with Crippen molar-refractivity contribution in [1.82, 2.24) is 14.8 Å². The molecular weight excluding hydrogens is 220 g/mol. The first kappa shape index (κ1) is 11.9. The molecule has 0 saturated heterocycles. The number of rotatable bonds is 4. The van der Waals surface area contributed by atoms with Crippen LogP contribution in [0.15, 0.2) is 5.16 Å². The van der Waals surface area contributed by atoms with Crippen molar-refractivity contribution < 1.29 is 0 Å². The lowest BCUT2D eigenvalue weighted by molar-refractivity contribution is 0.418. The number of hydrogen-bond acceptors (Lipinski definition) is 4.